The van der Waals surface area contributed by atoms with Crippen LogP contribution in [0.4, 0.5) is 8.78 Å². The van der Waals surface area contributed by atoms with Crippen LogP contribution in [0.25, 0.3) is 0 Å². The number of sulfonamides is 1. The Hall–Kier alpha value is -3.60. The highest BCUT2D eigenvalue weighted by atomic mass is 32.2. The molecule has 11 heteroatoms. The lowest BCUT2D eigenvalue weighted by Gasteiger charge is -2.28. The number of fused-ring (bicyclic) bond motifs is 1. The molecule has 0 aromatic heterocycles. The maximum absolute atomic E-state index is 14.0. The fourth-order valence-corrected chi connectivity index (χ4v) is 4.74. The van der Waals surface area contributed by atoms with Crippen LogP contribution in [0.2, 0.25) is 0 Å². The molecule has 0 bridgehead atoms. The van der Waals surface area contributed by atoms with Crippen LogP contribution in [0, 0.1) is 11.6 Å². The molecule has 1 N–H and O–H groups in total. The van der Waals surface area contributed by atoms with Gasteiger partial charge in [0.05, 0.1) is 24.9 Å². The molecule has 2 aromatic rings. The van der Waals surface area contributed by atoms with Gasteiger partial charge in [0, 0.05) is 30.8 Å². The number of benzene rings is 2. The molecule has 0 aliphatic carbocycles. The van der Waals surface area contributed by atoms with Gasteiger partial charge in [0.15, 0.2) is 0 Å². The zero-order chi connectivity index (χ0) is 22.9. The standard InChI is InChI=1S/C21H18F2N4O4S/c1-31-18-5-3-2-4-15(18)20(28)26-21-24-11-13-12-27(9-8-17(13)25-21)32(29,30)19-7-6-14(22)10-16(19)23/h2-7,10,12H,8-9,11H2,1H3,(H,24,26,28). The van der Waals surface area contributed by atoms with Crippen LogP contribution in [-0.2, 0) is 10.0 Å². The first-order valence-electron chi connectivity index (χ1n) is 9.54. The predicted molar refractivity (Wildman–Crippen MR) is 113 cm³/mol. The van der Waals surface area contributed by atoms with Gasteiger partial charge in [-0.25, -0.2) is 27.2 Å². The summed E-state index contributed by atoms with van der Waals surface area (Å²) in [7, 11) is -2.75. The summed E-state index contributed by atoms with van der Waals surface area (Å²) in [6.45, 7) is 0.0908. The number of hydrogen-bond donors (Lipinski definition) is 1. The van der Waals surface area contributed by atoms with Crippen molar-refractivity contribution in [3.63, 3.8) is 0 Å². The molecule has 0 saturated carbocycles. The van der Waals surface area contributed by atoms with Gasteiger partial charge < -0.3 is 4.74 Å². The predicted octanol–water partition coefficient (Wildman–Crippen LogP) is 2.49. The number of hydrogen-bond acceptors (Lipinski definition) is 6. The first-order chi connectivity index (χ1) is 15.3. The molecule has 0 fully saturated rings. The van der Waals surface area contributed by atoms with Gasteiger partial charge in [-0.3, -0.25) is 14.4 Å². The summed E-state index contributed by atoms with van der Waals surface area (Å²) in [5.74, 6) is -1.96. The van der Waals surface area contributed by atoms with Crippen molar-refractivity contribution in [2.24, 2.45) is 9.98 Å². The number of nitrogens with zero attached hydrogens (tertiary/aromatic N) is 3. The molecule has 0 spiro atoms. The zero-order valence-corrected chi connectivity index (χ0v) is 17.7. The summed E-state index contributed by atoms with van der Waals surface area (Å²) in [4.78, 5) is 20.5. The second-order valence-electron chi connectivity index (χ2n) is 6.95. The molecule has 166 valence electrons. The van der Waals surface area contributed by atoms with E-state index in [1.807, 2.05) is 0 Å². The summed E-state index contributed by atoms with van der Waals surface area (Å²) in [6.07, 6.45) is 1.57. The Morgan fingerprint density at radius 2 is 1.97 bits per heavy atom. The van der Waals surface area contributed by atoms with E-state index < -0.39 is 32.5 Å². The van der Waals surface area contributed by atoms with E-state index in [2.05, 4.69) is 15.3 Å². The fourth-order valence-electron chi connectivity index (χ4n) is 3.34. The van der Waals surface area contributed by atoms with Crippen molar-refractivity contribution in [2.45, 2.75) is 11.3 Å². The number of methoxy groups -OCH3 is 1. The number of amides is 1. The Morgan fingerprint density at radius 3 is 2.72 bits per heavy atom. The molecule has 32 heavy (non-hydrogen) atoms. The van der Waals surface area contributed by atoms with Crippen molar-refractivity contribution < 1.29 is 26.7 Å². The van der Waals surface area contributed by atoms with Crippen LogP contribution in [0.1, 0.15) is 16.8 Å². The normalized spacial score (nSPS) is 15.8. The van der Waals surface area contributed by atoms with Crippen LogP contribution in [0.3, 0.4) is 0 Å². The van der Waals surface area contributed by atoms with Gasteiger partial charge >= 0.3 is 0 Å². The minimum Gasteiger partial charge on any atom is -0.496 e. The van der Waals surface area contributed by atoms with Crippen molar-refractivity contribution in [1.29, 1.82) is 0 Å². The second kappa shape index (κ2) is 8.50. The van der Waals surface area contributed by atoms with Gasteiger partial charge in [-0.1, -0.05) is 12.1 Å². The lowest BCUT2D eigenvalue weighted by molar-refractivity contribution is 0.0973. The van der Waals surface area contributed by atoms with Gasteiger partial charge in [0.25, 0.3) is 15.9 Å². The van der Waals surface area contributed by atoms with E-state index in [9.17, 15) is 22.0 Å². The number of para-hydroxylation sites is 1. The van der Waals surface area contributed by atoms with Crippen LogP contribution >= 0.6 is 0 Å². The summed E-state index contributed by atoms with van der Waals surface area (Å²) in [5.41, 5.74) is 1.42. The molecule has 0 saturated heterocycles. The molecule has 2 aliphatic heterocycles. The van der Waals surface area contributed by atoms with E-state index in [0.29, 0.717) is 28.7 Å². The van der Waals surface area contributed by atoms with Gasteiger partial charge in [-0.05, 0) is 24.3 Å². The molecule has 2 aliphatic rings. The minimum absolute atomic E-state index is 0.00914. The Kier molecular flexibility index (Phi) is 5.74. The molecule has 8 nitrogen and oxygen atoms in total. The van der Waals surface area contributed by atoms with E-state index >= 15 is 0 Å². The summed E-state index contributed by atoms with van der Waals surface area (Å²) in [6, 6.07) is 9.02. The lowest BCUT2D eigenvalue weighted by atomic mass is 10.1. The third-order valence-electron chi connectivity index (χ3n) is 4.94. The molecule has 2 heterocycles. The fraction of sp³-hybridized carbons (Fsp3) is 0.190. The number of carbonyl (C=O) groups is 1. The topological polar surface area (TPSA) is 100 Å². The Labute approximate surface area is 183 Å². The van der Waals surface area contributed by atoms with Gasteiger partial charge in [0.2, 0.25) is 5.96 Å². The van der Waals surface area contributed by atoms with Crippen molar-refractivity contribution in [1.82, 2.24) is 9.62 Å². The minimum atomic E-state index is -4.21. The van der Waals surface area contributed by atoms with Crippen LogP contribution < -0.4 is 10.1 Å². The summed E-state index contributed by atoms with van der Waals surface area (Å²) in [5, 5.41) is 2.62. The first-order valence-corrected chi connectivity index (χ1v) is 11.0. The van der Waals surface area contributed by atoms with Crippen LogP contribution in [0.5, 0.6) is 5.75 Å². The number of nitrogens with one attached hydrogen (secondary N) is 1. The highest BCUT2D eigenvalue weighted by molar-refractivity contribution is 7.89. The molecule has 2 aromatic carbocycles. The molecule has 0 atom stereocenters. The maximum atomic E-state index is 14.0. The average molecular weight is 460 g/mol. The van der Waals surface area contributed by atoms with Crippen molar-refractivity contribution in [3.8, 4) is 5.75 Å². The summed E-state index contributed by atoms with van der Waals surface area (Å²) >= 11 is 0. The van der Waals surface area contributed by atoms with Crippen molar-refractivity contribution in [3.05, 3.63) is 71.4 Å². The number of ether oxygens (including phenoxy) is 1. The largest absolute Gasteiger partial charge is 0.496 e. The second-order valence-corrected chi connectivity index (χ2v) is 8.81. The Bertz CT molecular complexity index is 1290. The highest BCUT2D eigenvalue weighted by Crippen LogP contribution is 2.25. The molecular formula is C21H18F2N4O4S. The number of aliphatic imine (C=N–C) groups is 2. The average Bonchev–Trinajstić information content (AvgIpc) is 2.78. The van der Waals surface area contributed by atoms with Gasteiger partial charge in [-0.2, -0.15) is 0 Å². The monoisotopic (exact) mass is 460 g/mol. The third kappa shape index (κ3) is 4.11. The quantitative estimate of drug-likeness (QED) is 0.758. The third-order valence-corrected chi connectivity index (χ3v) is 6.73. The van der Waals surface area contributed by atoms with Crippen molar-refractivity contribution in [2.75, 3.05) is 20.2 Å². The molecule has 1 amide bonds. The van der Waals surface area contributed by atoms with E-state index in [0.717, 1.165) is 16.4 Å². The SMILES string of the molecule is COc1ccccc1C(=O)NC1=NCC2=CN(S(=O)(=O)c3ccc(F)cc3F)CCC2=N1. The molecular weight excluding hydrogens is 442 g/mol. The highest BCUT2D eigenvalue weighted by Gasteiger charge is 2.30. The smallest absolute Gasteiger partial charge is 0.266 e. The molecule has 0 unspecified atom stereocenters. The van der Waals surface area contributed by atoms with Gasteiger partial charge in [0.1, 0.15) is 22.3 Å². The summed E-state index contributed by atoms with van der Waals surface area (Å²) < 4.78 is 59.0. The number of carbonyl (C=O) groups excluding carboxylic acids is 1. The molecule has 4 rings (SSSR count). The van der Waals surface area contributed by atoms with Crippen LogP contribution in [-0.4, -0.2) is 50.5 Å². The van der Waals surface area contributed by atoms with E-state index in [-0.39, 0.29) is 25.5 Å². The number of guanidine groups is 1. The van der Waals surface area contributed by atoms with E-state index in [1.165, 1.54) is 13.3 Å². The van der Waals surface area contributed by atoms with Gasteiger partial charge in [-0.15, -0.1) is 0 Å². The van der Waals surface area contributed by atoms with Crippen molar-refractivity contribution >= 4 is 27.6 Å². The molecule has 0 radical (unpaired) electrons. The number of halogens is 2. The Morgan fingerprint density at radius 1 is 1.19 bits per heavy atom. The van der Waals surface area contributed by atoms with E-state index in [4.69, 9.17) is 4.74 Å². The van der Waals surface area contributed by atoms with Crippen LogP contribution in [0.15, 0.2) is 69.1 Å². The zero-order valence-electron chi connectivity index (χ0n) is 16.9. The number of rotatable bonds is 4. The maximum Gasteiger partial charge on any atom is 0.266 e. The Balaban J connectivity index is 1.52. The lowest BCUT2D eigenvalue weighted by Crippen LogP contribution is -2.38. The van der Waals surface area contributed by atoms with E-state index in [1.54, 1.807) is 24.3 Å². The first kappa shape index (κ1) is 21.6.